The largest absolute Gasteiger partial charge is 0.383 e. The first-order valence-corrected chi connectivity index (χ1v) is 6.45. The lowest BCUT2D eigenvalue weighted by Crippen LogP contribution is -2.40. The summed E-state index contributed by atoms with van der Waals surface area (Å²) in [5.74, 6) is 0. The van der Waals surface area contributed by atoms with E-state index in [1.807, 2.05) is 48.2 Å². The summed E-state index contributed by atoms with van der Waals surface area (Å²) in [6, 6.07) is 9.89. The van der Waals surface area contributed by atoms with Gasteiger partial charge in [-0.15, -0.1) is 0 Å². The molecule has 0 spiro atoms. The second-order valence-electron chi connectivity index (χ2n) is 5.27. The van der Waals surface area contributed by atoms with Gasteiger partial charge >= 0.3 is 0 Å². The molecule has 0 saturated carbocycles. The van der Waals surface area contributed by atoms with E-state index in [0.29, 0.717) is 13.1 Å². The van der Waals surface area contributed by atoms with Gasteiger partial charge in [-0.3, -0.25) is 4.90 Å². The molecule has 1 unspecified atom stereocenters. The smallest absolute Gasteiger partial charge is 0.268 e. The average Bonchev–Trinajstić information content (AvgIpc) is 2.73. The monoisotopic (exact) mass is 267 g/mol. The second-order valence-corrected chi connectivity index (χ2v) is 5.27. The second kappa shape index (κ2) is 5.80. The van der Waals surface area contributed by atoms with Crippen molar-refractivity contribution in [2.75, 3.05) is 19.6 Å². The Morgan fingerprint density at radius 3 is 2.68 bits per heavy atom. The number of aliphatic hydroxyl groups is 1. The maximum atomic E-state index is 12.7. The van der Waals surface area contributed by atoms with Crippen LogP contribution in [-0.2, 0) is 0 Å². The van der Waals surface area contributed by atoms with Crippen molar-refractivity contribution in [2.45, 2.75) is 25.4 Å². The summed E-state index contributed by atoms with van der Waals surface area (Å²) in [5, 5.41) is 9.73. The van der Waals surface area contributed by atoms with Crippen molar-refractivity contribution in [1.29, 1.82) is 0 Å². The Balaban J connectivity index is 1.94. The van der Waals surface area contributed by atoms with Crippen LogP contribution in [0.25, 0.3) is 6.08 Å². The first kappa shape index (κ1) is 14.2. The molecule has 0 aromatic heterocycles. The number of rotatable bonds is 4. The number of hydrogen-bond acceptors (Lipinski definition) is 2. The number of alkyl halides is 2. The predicted molar refractivity (Wildman–Crippen MR) is 72.1 cm³/mol. The Morgan fingerprint density at radius 1 is 1.42 bits per heavy atom. The van der Waals surface area contributed by atoms with Crippen molar-refractivity contribution in [2.24, 2.45) is 0 Å². The molecule has 19 heavy (non-hydrogen) atoms. The van der Waals surface area contributed by atoms with Gasteiger partial charge in [0.15, 0.2) is 0 Å². The summed E-state index contributed by atoms with van der Waals surface area (Å²) in [6.07, 6.45) is -0.487. The Kier molecular flexibility index (Phi) is 4.32. The quantitative estimate of drug-likeness (QED) is 0.906. The molecule has 2 nitrogen and oxygen atoms in total. The Hall–Kier alpha value is -1.26. The molecule has 1 aromatic carbocycles. The zero-order valence-corrected chi connectivity index (χ0v) is 11.0. The zero-order chi connectivity index (χ0) is 13.9. The van der Waals surface area contributed by atoms with E-state index < -0.39 is 12.0 Å². The maximum absolute atomic E-state index is 12.7. The van der Waals surface area contributed by atoms with Crippen LogP contribution in [0.15, 0.2) is 35.9 Å². The molecule has 0 aliphatic carbocycles. The number of halogens is 2. The third-order valence-corrected chi connectivity index (χ3v) is 3.45. The fourth-order valence-corrected chi connectivity index (χ4v) is 2.44. The number of benzene rings is 1. The van der Waals surface area contributed by atoms with Crippen LogP contribution in [0.2, 0.25) is 0 Å². The molecule has 1 heterocycles. The molecule has 0 amide bonds. The summed E-state index contributed by atoms with van der Waals surface area (Å²) in [6.45, 7) is 3.15. The fraction of sp³-hybridized carbons (Fsp3) is 0.467. The molecule has 1 saturated heterocycles. The minimum absolute atomic E-state index is 0.0463. The van der Waals surface area contributed by atoms with E-state index in [1.165, 1.54) is 0 Å². The van der Waals surface area contributed by atoms with Gasteiger partial charge in [0.1, 0.15) is 5.60 Å². The standard InChI is InChI=1S/C15H19F2NO/c1-12(9-13-5-3-2-4-6-13)10-18-8-7-15(19,11-18)14(16)17/h2-6,9,14,19H,7-8,10-11H2,1H3. The normalized spacial score (nSPS) is 25.2. The lowest BCUT2D eigenvalue weighted by Gasteiger charge is -2.22. The number of likely N-dealkylation sites (tertiary alicyclic amines) is 1. The molecule has 104 valence electrons. The van der Waals surface area contributed by atoms with Gasteiger partial charge in [0.2, 0.25) is 0 Å². The number of hydrogen-bond donors (Lipinski definition) is 1. The molecule has 0 radical (unpaired) electrons. The van der Waals surface area contributed by atoms with Crippen LogP contribution >= 0.6 is 0 Å². The average molecular weight is 267 g/mol. The van der Waals surface area contributed by atoms with Gasteiger partial charge in [0.25, 0.3) is 6.43 Å². The van der Waals surface area contributed by atoms with Gasteiger partial charge in [0, 0.05) is 19.6 Å². The van der Waals surface area contributed by atoms with E-state index >= 15 is 0 Å². The van der Waals surface area contributed by atoms with Crippen molar-refractivity contribution in [3.63, 3.8) is 0 Å². The molecule has 2 rings (SSSR count). The van der Waals surface area contributed by atoms with Gasteiger partial charge in [0.05, 0.1) is 0 Å². The van der Waals surface area contributed by atoms with E-state index in [9.17, 15) is 13.9 Å². The van der Waals surface area contributed by atoms with Gasteiger partial charge in [-0.2, -0.15) is 0 Å². The fourth-order valence-electron chi connectivity index (χ4n) is 2.44. The van der Waals surface area contributed by atoms with Crippen LogP contribution in [0.5, 0.6) is 0 Å². The highest BCUT2D eigenvalue weighted by Crippen LogP contribution is 2.28. The molecule has 1 N–H and O–H groups in total. The van der Waals surface area contributed by atoms with E-state index in [-0.39, 0.29) is 13.0 Å². The lowest BCUT2D eigenvalue weighted by molar-refractivity contribution is -0.0866. The topological polar surface area (TPSA) is 23.5 Å². The van der Waals surface area contributed by atoms with Gasteiger partial charge < -0.3 is 5.11 Å². The van der Waals surface area contributed by atoms with Crippen LogP contribution < -0.4 is 0 Å². The maximum Gasteiger partial charge on any atom is 0.268 e. The van der Waals surface area contributed by atoms with E-state index in [0.717, 1.165) is 11.1 Å². The number of nitrogens with zero attached hydrogens (tertiary/aromatic N) is 1. The lowest BCUT2D eigenvalue weighted by atomic mass is 10.1. The minimum Gasteiger partial charge on any atom is -0.383 e. The van der Waals surface area contributed by atoms with Crippen LogP contribution in [-0.4, -0.2) is 41.7 Å². The predicted octanol–water partition coefficient (Wildman–Crippen LogP) is 2.79. The molecule has 1 aliphatic rings. The highest BCUT2D eigenvalue weighted by atomic mass is 19.3. The number of β-amino-alcohol motifs (C(OH)–C–C–N with tert-alkyl or cyclic N) is 1. The molecule has 1 aliphatic heterocycles. The highest BCUT2D eigenvalue weighted by Gasteiger charge is 2.43. The first-order valence-electron chi connectivity index (χ1n) is 6.45. The Morgan fingerprint density at radius 2 is 2.11 bits per heavy atom. The zero-order valence-electron chi connectivity index (χ0n) is 11.0. The molecule has 1 aromatic rings. The van der Waals surface area contributed by atoms with Crippen molar-refractivity contribution < 1.29 is 13.9 Å². The highest BCUT2D eigenvalue weighted by molar-refractivity contribution is 5.52. The van der Waals surface area contributed by atoms with Crippen LogP contribution in [0.3, 0.4) is 0 Å². The molecule has 1 fully saturated rings. The summed E-state index contributed by atoms with van der Waals surface area (Å²) in [5.41, 5.74) is 0.376. The van der Waals surface area contributed by atoms with Gasteiger partial charge in [-0.1, -0.05) is 42.0 Å². The first-order chi connectivity index (χ1) is 8.99. The van der Waals surface area contributed by atoms with E-state index in [2.05, 4.69) is 0 Å². The molecule has 1 atom stereocenters. The molecule has 4 heteroatoms. The van der Waals surface area contributed by atoms with Gasteiger partial charge in [-0.25, -0.2) is 8.78 Å². The molecule has 0 bridgehead atoms. The van der Waals surface area contributed by atoms with Crippen molar-refractivity contribution >= 4 is 6.08 Å². The summed E-state index contributed by atoms with van der Waals surface area (Å²) in [7, 11) is 0. The van der Waals surface area contributed by atoms with Crippen molar-refractivity contribution in [1.82, 2.24) is 4.90 Å². The van der Waals surface area contributed by atoms with Crippen LogP contribution in [0, 0.1) is 0 Å². The Labute approximate surface area is 112 Å². The summed E-state index contributed by atoms with van der Waals surface area (Å²) < 4.78 is 25.4. The van der Waals surface area contributed by atoms with Crippen LogP contribution in [0.1, 0.15) is 18.9 Å². The van der Waals surface area contributed by atoms with Crippen LogP contribution in [0.4, 0.5) is 8.78 Å². The third-order valence-electron chi connectivity index (χ3n) is 3.45. The van der Waals surface area contributed by atoms with Gasteiger partial charge in [-0.05, 0) is 18.9 Å². The van der Waals surface area contributed by atoms with Crippen molar-refractivity contribution in [3.05, 3.63) is 41.5 Å². The molecular weight excluding hydrogens is 248 g/mol. The summed E-state index contributed by atoms with van der Waals surface area (Å²) in [4.78, 5) is 1.88. The van der Waals surface area contributed by atoms with E-state index in [4.69, 9.17) is 0 Å². The third kappa shape index (κ3) is 3.61. The SMILES string of the molecule is CC(=Cc1ccccc1)CN1CCC(O)(C(F)F)C1. The van der Waals surface area contributed by atoms with E-state index in [1.54, 1.807) is 0 Å². The summed E-state index contributed by atoms with van der Waals surface area (Å²) >= 11 is 0. The molecular formula is C15H19F2NO. The minimum atomic E-state index is -2.67. The Bertz CT molecular complexity index is 447. The van der Waals surface area contributed by atoms with Crippen molar-refractivity contribution in [3.8, 4) is 0 Å².